The van der Waals surface area contributed by atoms with Gasteiger partial charge >= 0.3 is 0 Å². The van der Waals surface area contributed by atoms with Crippen LogP contribution in [0.2, 0.25) is 0 Å². The van der Waals surface area contributed by atoms with E-state index < -0.39 is 0 Å². The Morgan fingerprint density at radius 1 is 1.15 bits per heavy atom. The van der Waals surface area contributed by atoms with E-state index >= 15 is 0 Å². The highest BCUT2D eigenvalue weighted by Crippen LogP contribution is 2.16. The summed E-state index contributed by atoms with van der Waals surface area (Å²) >= 11 is 0. The van der Waals surface area contributed by atoms with Gasteiger partial charge in [0.25, 0.3) is 5.56 Å². The number of aryl methyl sites for hydroxylation is 1. The molecule has 0 aliphatic carbocycles. The lowest BCUT2D eigenvalue weighted by Crippen LogP contribution is -2.20. The van der Waals surface area contributed by atoms with Crippen molar-refractivity contribution >= 4 is 11.5 Å². The van der Waals surface area contributed by atoms with E-state index in [0.29, 0.717) is 23.5 Å². The molecule has 0 unspecified atom stereocenters. The molecule has 0 amide bonds. The van der Waals surface area contributed by atoms with E-state index in [1.165, 1.54) is 18.3 Å². The summed E-state index contributed by atoms with van der Waals surface area (Å²) < 4.78 is 3.40. The Labute approximate surface area is 196 Å². The number of nitrogens with one attached hydrogen (secondary N) is 1. The van der Waals surface area contributed by atoms with Gasteiger partial charge in [-0.05, 0) is 24.2 Å². The van der Waals surface area contributed by atoms with Gasteiger partial charge in [-0.1, -0.05) is 24.3 Å². The van der Waals surface area contributed by atoms with Crippen LogP contribution in [0, 0.1) is 0 Å². The van der Waals surface area contributed by atoms with Crippen LogP contribution < -0.4 is 16.6 Å². The first-order valence-electron chi connectivity index (χ1n) is 10.7. The van der Waals surface area contributed by atoms with Crippen molar-refractivity contribution in [2.24, 2.45) is 12.8 Å². The lowest BCUT2D eigenvalue weighted by atomic mass is 10.1. The van der Waals surface area contributed by atoms with E-state index in [2.05, 4.69) is 20.3 Å². The zero-order valence-electron chi connectivity index (χ0n) is 19.0. The van der Waals surface area contributed by atoms with Crippen molar-refractivity contribution in [3.05, 3.63) is 106 Å². The van der Waals surface area contributed by atoms with E-state index in [0.717, 1.165) is 23.5 Å². The molecule has 0 atom stereocenters. The Bertz CT molecular complexity index is 1400. The predicted octanol–water partition coefficient (Wildman–Crippen LogP) is 1.99. The highest BCUT2D eigenvalue weighted by atomic mass is 16.1. The van der Waals surface area contributed by atoms with E-state index in [9.17, 15) is 9.59 Å². The summed E-state index contributed by atoms with van der Waals surface area (Å²) in [5.41, 5.74) is 9.49. The summed E-state index contributed by atoms with van der Waals surface area (Å²) in [5.74, 6) is 0.390. The Balaban J connectivity index is 1.57. The van der Waals surface area contributed by atoms with Crippen molar-refractivity contribution in [2.45, 2.75) is 13.1 Å². The first kappa shape index (κ1) is 22.8. The highest BCUT2D eigenvalue weighted by molar-refractivity contribution is 6.07. The van der Waals surface area contributed by atoms with Gasteiger partial charge in [-0.2, -0.15) is 0 Å². The lowest BCUT2D eigenvalue weighted by Gasteiger charge is -2.09. The number of benzene rings is 1. The van der Waals surface area contributed by atoms with Gasteiger partial charge in [0.15, 0.2) is 0 Å². The van der Waals surface area contributed by atoms with E-state index in [4.69, 9.17) is 5.73 Å². The number of allylic oxidation sites excluding steroid dienone is 1. The molecule has 0 saturated heterocycles. The minimum atomic E-state index is -0.354. The second-order valence-electron chi connectivity index (χ2n) is 7.82. The molecule has 4 aromatic rings. The minimum absolute atomic E-state index is 0.161. The van der Waals surface area contributed by atoms with Crippen molar-refractivity contribution in [1.29, 1.82) is 0 Å². The summed E-state index contributed by atoms with van der Waals surface area (Å²) in [6.07, 6.45) is 9.49. The SMILES string of the molecule is CNCc1ccc(C(N)=CC(=O)c2cncc(-c3ccc(=O)n(Cc4nccn4C)c3)n2)cc1. The number of carbonyl (C=O) groups is 1. The first-order chi connectivity index (χ1) is 16.4. The number of imidazole rings is 1. The summed E-state index contributed by atoms with van der Waals surface area (Å²) in [5, 5.41) is 3.09. The average Bonchev–Trinajstić information content (AvgIpc) is 3.25. The number of hydrogen-bond acceptors (Lipinski definition) is 7. The molecule has 0 aliphatic heterocycles. The number of nitrogens with two attached hydrogens (primary N) is 1. The number of aromatic nitrogens is 5. The van der Waals surface area contributed by atoms with Gasteiger partial charge in [-0.15, -0.1) is 0 Å². The van der Waals surface area contributed by atoms with Gasteiger partial charge in [0, 0.05) is 55.6 Å². The van der Waals surface area contributed by atoms with Crippen LogP contribution in [0.15, 0.2) is 78.3 Å². The molecule has 0 radical (unpaired) electrons. The molecule has 0 spiro atoms. The zero-order valence-corrected chi connectivity index (χ0v) is 19.0. The van der Waals surface area contributed by atoms with Gasteiger partial charge in [0.05, 0.1) is 24.6 Å². The summed E-state index contributed by atoms with van der Waals surface area (Å²) in [7, 11) is 3.75. The largest absolute Gasteiger partial charge is 0.398 e. The smallest absolute Gasteiger partial charge is 0.250 e. The standard InChI is InChI=1S/C25H25N7O2/c1-27-12-17-3-5-18(6-4-17)20(26)11-23(33)22-14-28-13-21(30-22)19-7-8-25(34)32(15-19)16-24-29-9-10-31(24)2/h3-11,13-15,27H,12,16,26H2,1-2H3. The molecule has 3 N–H and O–H groups in total. The number of nitrogens with zero attached hydrogens (tertiary/aromatic N) is 5. The maximum absolute atomic E-state index is 12.8. The highest BCUT2D eigenvalue weighted by Gasteiger charge is 2.11. The molecule has 0 fully saturated rings. The van der Waals surface area contributed by atoms with Crippen molar-refractivity contribution in [1.82, 2.24) is 29.4 Å². The fraction of sp³-hybridized carbons (Fsp3) is 0.160. The molecule has 3 heterocycles. The average molecular weight is 456 g/mol. The zero-order chi connectivity index (χ0) is 24.1. The van der Waals surface area contributed by atoms with Crippen molar-refractivity contribution in [3.63, 3.8) is 0 Å². The minimum Gasteiger partial charge on any atom is -0.398 e. The topological polar surface area (TPSA) is 121 Å². The Kier molecular flexibility index (Phi) is 6.74. The normalized spacial score (nSPS) is 11.5. The molecule has 9 heteroatoms. The van der Waals surface area contributed by atoms with E-state index in [1.807, 2.05) is 49.1 Å². The quantitative estimate of drug-likeness (QED) is 0.308. The van der Waals surface area contributed by atoms with Crippen molar-refractivity contribution < 1.29 is 4.79 Å². The monoisotopic (exact) mass is 455 g/mol. The third kappa shape index (κ3) is 5.16. The van der Waals surface area contributed by atoms with Gasteiger partial charge in [-0.25, -0.2) is 9.97 Å². The third-order valence-corrected chi connectivity index (χ3v) is 5.35. The lowest BCUT2D eigenvalue weighted by molar-refractivity contribution is 0.104. The number of hydrogen-bond donors (Lipinski definition) is 2. The van der Waals surface area contributed by atoms with Gasteiger partial charge < -0.3 is 20.2 Å². The Morgan fingerprint density at radius 3 is 2.65 bits per heavy atom. The predicted molar refractivity (Wildman–Crippen MR) is 130 cm³/mol. The molecular formula is C25H25N7O2. The van der Waals surface area contributed by atoms with Crippen LogP contribution >= 0.6 is 0 Å². The first-order valence-corrected chi connectivity index (χ1v) is 10.7. The number of pyridine rings is 1. The maximum atomic E-state index is 12.8. The van der Waals surface area contributed by atoms with Crippen molar-refractivity contribution in [2.75, 3.05) is 7.05 Å². The van der Waals surface area contributed by atoms with E-state index in [1.54, 1.807) is 29.2 Å². The Morgan fingerprint density at radius 2 is 1.94 bits per heavy atom. The summed E-state index contributed by atoms with van der Waals surface area (Å²) in [6.45, 7) is 1.06. The van der Waals surface area contributed by atoms with Crippen LogP contribution in [-0.4, -0.2) is 36.9 Å². The maximum Gasteiger partial charge on any atom is 0.250 e. The molecule has 34 heavy (non-hydrogen) atoms. The number of ketones is 1. The fourth-order valence-electron chi connectivity index (χ4n) is 3.45. The van der Waals surface area contributed by atoms with E-state index in [-0.39, 0.29) is 17.0 Å². The third-order valence-electron chi connectivity index (χ3n) is 5.35. The van der Waals surface area contributed by atoms with Crippen LogP contribution in [0.1, 0.15) is 27.4 Å². The molecule has 4 rings (SSSR count). The molecule has 9 nitrogen and oxygen atoms in total. The van der Waals surface area contributed by atoms with Gasteiger partial charge in [0.2, 0.25) is 5.78 Å². The van der Waals surface area contributed by atoms with Crippen LogP contribution in [-0.2, 0) is 20.1 Å². The molecule has 172 valence electrons. The fourth-order valence-corrected chi connectivity index (χ4v) is 3.45. The molecule has 0 bridgehead atoms. The summed E-state index contributed by atoms with van der Waals surface area (Å²) in [6, 6.07) is 10.8. The second kappa shape index (κ2) is 10.1. The molecule has 1 aromatic carbocycles. The summed E-state index contributed by atoms with van der Waals surface area (Å²) in [4.78, 5) is 38.1. The van der Waals surface area contributed by atoms with Crippen LogP contribution in [0.5, 0.6) is 0 Å². The molecular weight excluding hydrogens is 430 g/mol. The van der Waals surface area contributed by atoms with Crippen LogP contribution in [0.4, 0.5) is 0 Å². The van der Waals surface area contributed by atoms with Gasteiger partial charge in [-0.3, -0.25) is 14.6 Å². The van der Waals surface area contributed by atoms with Gasteiger partial charge in [0.1, 0.15) is 11.5 Å². The van der Waals surface area contributed by atoms with Crippen LogP contribution in [0.25, 0.3) is 17.0 Å². The second-order valence-corrected chi connectivity index (χ2v) is 7.82. The number of carbonyl (C=O) groups excluding carboxylic acids is 1. The molecule has 0 aliphatic rings. The molecule has 3 aromatic heterocycles. The van der Waals surface area contributed by atoms with Crippen molar-refractivity contribution in [3.8, 4) is 11.3 Å². The number of rotatable bonds is 8. The Hall–Kier alpha value is -4.37. The van der Waals surface area contributed by atoms with Crippen LogP contribution in [0.3, 0.4) is 0 Å². The molecule has 0 saturated carbocycles.